The number of aromatic nitrogens is 5. The molecule has 0 spiro atoms. The number of primary amides is 1. The Morgan fingerprint density at radius 2 is 2.00 bits per heavy atom. The molecule has 0 saturated heterocycles. The maximum Gasteiger partial charge on any atom is 0.254 e. The lowest BCUT2D eigenvalue weighted by Gasteiger charge is -2.11. The Hall–Kier alpha value is -5.06. The zero-order valence-electron chi connectivity index (χ0n) is 21.7. The number of rotatable bonds is 9. The average molecular weight is 540 g/mol. The number of carbonyl (C=O) groups excluding carboxylic acids is 2. The highest BCUT2D eigenvalue weighted by Crippen LogP contribution is 2.35. The zero-order chi connectivity index (χ0) is 27.8. The van der Waals surface area contributed by atoms with E-state index >= 15 is 0 Å². The van der Waals surface area contributed by atoms with E-state index in [4.69, 9.17) is 10.5 Å². The van der Waals surface area contributed by atoms with E-state index in [0.29, 0.717) is 17.4 Å². The van der Waals surface area contributed by atoms with E-state index in [1.165, 1.54) is 30.5 Å². The first kappa shape index (κ1) is 25.2. The van der Waals surface area contributed by atoms with Crippen LogP contribution in [-0.4, -0.2) is 36.1 Å². The number of ether oxygens (including phenoxy) is 1. The molecule has 10 nitrogen and oxygen atoms in total. The minimum absolute atomic E-state index is 0.0343. The molecule has 1 aliphatic carbocycles. The molecular formula is C29H26FN7O3. The first-order chi connectivity index (χ1) is 19.3. The summed E-state index contributed by atoms with van der Waals surface area (Å²) in [6.45, 7) is 0.754. The van der Waals surface area contributed by atoms with Crippen molar-refractivity contribution < 1.29 is 18.7 Å². The Morgan fingerprint density at radius 1 is 1.15 bits per heavy atom. The van der Waals surface area contributed by atoms with Crippen LogP contribution in [0.2, 0.25) is 0 Å². The van der Waals surface area contributed by atoms with Crippen LogP contribution >= 0.6 is 0 Å². The van der Waals surface area contributed by atoms with Crippen LogP contribution in [0.1, 0.15) is 28.8 Å². The molecule has 0 aliphatic heterocycles. The number of fused-ring (bicyclic) bond motifs is 1. The van der Waals surface area contributed by atoms with Crippen molar-refractivity contribution in [2.75, 3.05) is 5.32 Å². The predicted molar refractivity (Wildman–Crippen MR) is 146 cm³/mol. The van der Waals surface area contributed by atoms with Crippen molar-refractivity contribution in [2.45, 2.75) is 25.8 Å². The molecule has 2 aromatic carbocycles. The van der Waals surface area contributed by atoms with Crippen molar-refractivity contribution in [3.63, 3.8) is 0 Å². The van der Waals surface area contributed by atoms with Gasteiger partial charge in [-0.2, -0.15) is 5.10 Å². The summed E-state index contributed by atoms with van der Waals surface area (Å²) in [5.74, 6) is -0.987. The second-order valence-corrected chi connectivity index (χ2v) is 9.91. The molecule has 0 radical (unpaired) electrons. The summed E-state index contributed by atoms with van der Waals surface area (Å²) >= 11 is 0. The number of hydrogen-bond donors (Lipinski definition) is 2. The molecule has 1 saturated carbocycles. The van der Waals surface area contributed by atoms with Crippen LogP contribution in [0.4, 0.5) is 10.3 Å². The second kappa shape index (κ2) is 10.3. The van der Waals surface area contributed by atoms with Crippen molar-refractivity contribution in [1.29, 1.82) is 0 Å². The zero-order valence-corrected chi connectivity index (χ0v) is 21.7. The van der Waals surface area contributed by atoms with E-state index in [9.17, 15) is 14.0 Å². The number of nitrogens with one attached hydrogen (secondary N) is 1. The third-order valence-corrected chi connectivity index (χ3v) is 6.78. The van der Waals surface area contributed by atoms with Crippen molar-refractivity contribution in [2.24, 2.45) is 18.7 Å². The van der Waals surface area contributed by atoms with Crippen LogP contribution in [0.15, 0.2) is 67.1 Å². The van der Waals surface area contributed by atoms with Gasteiger partial charge < -0.3 is 15.0 Å². The number of aryl methyl sites for hydroxylation is 1. The van der Waals surface area contributed by atoms with Crippen molar-refractivity contribution in [1.82, 2.24) is 24.3 Å². The van der Waals surface area contributed by atoms with Gasteiger partial charge in [-0.05, 0) is 66.3 Å². The summed E-state index contributed by atoms with van der Waals surface area (Å²) in [6, 6.07) is 13.2. The summed E-state index contributed by atoms with van der Waals surface area (Å²) in [4.78, 5) is 33.3. The fourth-order valence-electron chi connectivity index (χ4n) is 4.57. The number of nitrogens with two attached hydrogens (primary N) is 1. The van der Waals surface area contributed by atoms with E-state index in [-0.39, 0.29) is 29.5 Å². The van der Waals surface area contributed by atoms with Crippen LogP contribution in [0.3, 0.4) is 0 Å². The molecule has 6 rings (SSSR count). The molecule has 0 bridgehead atoms. The second-order valence-electron chi connectivity index (χ2n) is 9.91. The molecule has 1 fully saturated rings. The maximum atomic E-state index is 14.9. The highest BCUT2D eigenvalue weighted by atomic mass is 19.1. The van der Waals surface area contributed by atoms with Crippen LogP contribution < -0.4 is 15.8 Å². The lowest BCUT2D eigenvalue weighted by atomic mass is 10.1. The Balaban J connectivity index is 1.21. The molecular weight excluding hydrogens is 513 g/mol. The van der Waals surface area contributed by atoms with Crippen molar-refractivity contribution >= 4 is 28.8 Å². The Morgan fingerprint density at radius 3 is 2.73 bits per heavy atom. The molecule has 40 heavy (non-hydrogen) atoms. The smallest absolute Gasteiger partial charge is 0.254 e. The molecule has 0 unspecified atom stereocenters. The summed E-state index contributed by atoms with van der Waals surface area (Å²) in [5.41, 5.74) is 9.55. The van der Waals surface area contributed by atoms with Gasteiger partial charge in [0.25, 0.3) is 5.91 Å². The van der Waals surface area contributed by atoms with E-state index < -0.39 is 11.7 Å². The van der Waals surface area contributed by atoms with Gasteiger partial charge >= 0.3 is 0 Å². The number of pyridine rings is 1. The third kappa shape index (κ3) is 5.26. The van der Waals surface area contributed by atoms with Gasteiger partial charge in [0.05, 0.1) is 23.7 Å². The Bertz CT molecular complexity index is 1760. The number of amides is 2. The summed E-state index contributed by atoms with van der Waals surface area (Å²) in [6.07, 6.45) is 7.39. The van der Waals surface area contributed by atoms with E-state index in [0.717, 1.165) is 41.5 Å². The number of benzene rings is 2. The molecule has 3 aromatic heterocycles. The SMILES string of the molecule is Cn1cc(-c2ccc3nc(NC(=O)Cc4ccc(Oc5ncccc5C(N)=O)c(F)c4)n(CC4CC4)c3c2)cn1. The predicted octanol–water partition coefficient (Wildman–Crippen LogP) is 4.45. The largest absolute Gasteiger partial charge is 0.435 e. The molecule has 202 valence electrons. The first-order valence-corrected chi connectivity index (χ1v) is 12.8. The van der Waals surface area contributed by atoms with Crippen LogP contribution in [0.25, 0.3) is 22.2 Å². The van der Waals surface area contributed by atoms with E-state index in [2.05, 4.69) is 26.4 Å². The normalized spacial score (nSPS) is 12.9. The summed E-state index contributed by atoms with van der Waals surface area (Å²) < 4.78 is 24.1. The maximum absolute atomic E-state index is 14.9. The standard InChI is InChI=1S/C29H26FN7O3/c1-36-16-20(14-33-36)19-7-8-23-24(13-19)37(15-17-4-5-17)29(34-23)35-26(38)12-18-6-9-25(22(30)11-18)40-28-21(27(31)39)3-2-10-32-28/h2-3,6-11,13-14,16-17H,4-5,12,15H2,1H3,(H2,31,39)(H,34,35,38). The summed E-state index contributed by atoms with van der Waals surface area (Å²) in [7, 11) is 1.87. The number of imidazole rings is 1. The van der Waals surface area contributed by atoms with Gasteiger partial charge in [-0.1, -0.05) is 12.1 Å². The quantitative estimate of drug-likeness (QED) is 0.285. The van der Waals surface area contributed by atoms with Crippen LogP contribution in [0.5, 0.6) is 11.6 Å². The van der Waals surface area contributed by atoms with Gasteiger partial charge in [0.1, 0.15) is 5.56 Å². The van der Waals surface area contributed by atoms with Gasteiger partial charge in [0.15, 0.2) is 11.6 Å². The third-order valence-electron chi connectivity index (χ3n) is 6.78. The molecule has 3 heterocycles. The van der Waals surface area contributed by atoms with Gasteiger partial charge in [-0.3, -0.25) is 19.6 Å². The van der Waals surface area contributed by atoms with Gasteiger partial charge in [0.2, 0.25) is 17.7 Å². The molecule has 5 aromatic rings. The number of anilines is 1. The fourth-order valence-corrected chi connectivity index (χ4v) is 4.57. The minimum atomic E-state index is -0.738. The van der Waals surface area contributed by atoms with Crippen LogP contribution in [-0.2, 0) is 24.8 Å². The molecule has 1 aliphatic rings. The number of hydrogen-bond acceptors (Lipinski definition) is 6. The van der Waals surface area contributed by atoms with Crippen molar-refractivity contribution in [3.05, 3.63) is 84.1 Å². The lowest BCUT2D eigenvalue weighted by Crippen LogP contribution is -2.18. The molecule has 3 N–H and O–H groups in total. The molecule has 11 heteroatoms. The lowest BCUT2D eigenvalue weighted by molar-refractivity contribution is -0.115. The first-order valence-electron chi connectivity index (χ1n) is 12.8. The van der Waals surface area contributed by atoms with Crippen LogP contribution in [0, 0.1) is 11.7 Å². The molecule has 0 atom stereocenters. The van der Waals surface area contributed by atoms with Crippen molar-refractivity contribution in [3.8, 4) is 22.8 Å². The number of carbonyl (C=O) groups is 2. The monoisotopic (exact) mass is 539 g/mol. The number of nitrogens with zero attached hydrogens (tertiary/aromatic N) is 5. The fraction of sp³-hybridized carbons (Fsp3) is 0.207. The van der Waals surface area contributed by atoms with E-state index in [1.807, 2.05) is 36.1 Å². The molecule has 2 amide bonds. The highest BCUT2D eigenvalue weighted by Gasteiger charge is 2.25. The topological polar surface area (TPSA) is 130 Å². The summed E-state index contributed by atoms with van der Waals surface area (Å²) in [5, 5.41) is 7.18. The van der Waals surface area contributed by atoms with Gasteiger partial charge in [0, 0.05) is 31.5 Å². The van der Waals surface area contributed by atoms with E-state index in [1.54, 1.807) is 10.7 Å². The van der Waals surface area contributed by atoms with Gasteiger partial charge in [-0.25, -0.2) is 14.4 Å². The minimum Gasteiger partial charge on any atom is -0.435 e. The highest BCUT2D eigenvalue weighted by molar-refractivity contribution is 5.95. The Kier molecular flexibility index (Phi) is 6.47. The Labute approximate surface area is 228 Å². The number of halogens is 1. The average Bonchev–Trinajstić information content (AvgIpc) is 3.55. The van der Waals surface area contributed by atoms with Gasteiger partial charge in [-0.15, -0.1) is 0 Å².